The van der Waals surface area contributed by atoms with Gasteiger partial charge in [-0.2, -0.15) is 0 Å². The third-order valence-electron chi connectivity index (χ3n) is 1.92. The first-order valence-electron chi connectivity index (χ1n) is 5.14. The van der Waals surface area contributed by atoms with Crippen molar-refractivity contribution in [3.05, 3.63) is 35.4 Å². The van der Waals surface area contributed by atoms with Crippen LogP contribution in [0.25, 0.3) is 0 Å². The molecule has 0 spiro atoms. The van der Waals surface area contributed by atoms with E-state index in [4.69, 9.17) is 9.47 Å². The summed E-state index contributed by atoms with van der Waals surface area (Å²) >= 11 is 0. The summed E-state index contributed by atoms with van der Waals surface area (Å²) in [7, 11) is 0. The Morgan fingerprint density at radius 1 is 0.941 bits per heavy atom. The highest BCUT2D eigenvalue weighted by Gasteiger charge is 2.17. The Bertz CT molecular complexity index is 353. The number of carbonyl (C=O) groups is 2. The SMILES string of the molecule is CCOC(=O)c1ccccc1C(=O)OCC.[B]. The summed E-state index contributed by atoms with van der Waals surface area (Å²) in [6, 6.07) is 6.44. The lowest BCUT2D eigenvalue weighted by Crippen LogP contribution is -2.13. The Morgan fingerprint density at radius 3 is 1.59 bits per heavy atom. The quantitative estimate of drug-likeness (QED) is 0.586. The highest BCUT2D eigenvalue weighted by atomic mass is 16.5. The van der Waals surface area contributed by atoms with Crippen LogP contribution in [0.2, 0.25) is 0 Å². The van der Waals surface area contributed by atoms with Gasteiger partial charge >= 0.3 is 11.9 Å². The number of hydrogen-bond donors (Lipinski definition) is 0. The zero-order valence-corrected chi connectivity index (χ0v) is 9.93. The molecule has 1 rings (SSSR count). The topological polar surface area (TPSA) is 52.6 Å². The van der Waals surface area contributed by atoms with E-state index in [9.17, 15) is 9.59 Å². The second-order valence-corrected chi connectivity index (χ2v) is 2.99. The molecule has 4 nitrogen and oxygen atoms in total. The van der Waals surface area contributed by atoms with Gasteiger partial charge in [0.15, 0.2) is 0 Å². The number of esters is 2. The summed E-state index contributed by atoms with van der Waals surface area (Å²) in [4.78, 5) is 23.1. The second-order valence-electron chi connectivity index (χ2n) is 2.99. The summed E-state index contributed by atoms with van der Waals surface area (Å²) in [5, 5.41) is 0. The molecule has 89 valence electrons. The fourth-order valence-electron chi connectivity index (χ4n) is 1.26. The standard InChI is InChI=1S/C12H14O4.B/c1-3-15-11(13)9-7-5-6-8-10(9)12(14)16-4-2;/h5-8H,3-4H2,1-2H3;. The maximum absolute atomic E-state index is 11.5. The lowest BCUT2D eigenvalue weighted by atomic mass is 10.1. The van der Waals surface area contributed by atoms with E-state index in [2.05, 4.69) is 0 Å². The fourth-order valence-corrected chi connectivity index (χ4v) is 1.26. The van der Waals surface area contributed by atoms with Crippen LogP contribution in [0.3, 0.4) is 0 Å². The fraction of sp³-hybridized carbons (Fsp3) is 0.333. The summed E-state index contributed by atoms with van der Waals surface area (Å²) in [6.07, 6.45) is 0. The van der Waals surface area contributed by atoms with Gasteiger partial charge in [-0.1, -0.05) is 12.1 Å². The molecular formula is C12H14BO4. The highest BCUT2D eigenvalue weighted by molar-refractivity contribution is 6.03. The molecular weight excluding hydrogens is 219 g/mol. The van der Waals surface area contributed by atoms with Gasteiger partial charge in [0, 0.05) is 8.41 Å². The van der Waals surface area contributed by atoms with Crippen molar-refractivity contribution < 1.29 is 19.1 Å². The van der Waals surface area contributed by atoms with E-state index in [0.717, 1.165) is 0 Å². The average molecular weight is 233 g/mol. The molecule has 0 N–H and O–H groups in total. The first kappa shape index (κ1) is 15.2. The molecule has 0 saturated heterocycles. The number of rotatable bonds is 4. The van der Waals surface area contributed by atoms with Crippen LogP contribution in [0, 0.1) is 0 Å². The Balaban J connectivity index is 0.00000256. The van der Waals surface area contributed by atoms with Crippen LogP contribution in [-0.4, -0.2) is 33.6 Å². The second kappa shape index (κ2) is 7.49. The van der Waals surface area contributed by atoms with Crippen molar-refractivity contribution in [2.75, 3.05) is 13.2 Å². The Hall–Kier alpha value is -1.78. The van der Waals surface area contributed by atoms with E-state index in [0.29, 0.717) is 0 Å². The maximum atomic E-state index is 11.5. The van der Waals surface area contributed by atoms with E-state index in [1.165, 1.54) is 0 Å². The number of benzene rings is 1. The van der Waals surface area contributed by atoms with Crippen LogP contribution in [0.15, 0.2) is 24.3 Å². The van der Waals surface area contributed by atoms with Gasteiger partial charge in [0.25, 0.3) is 0 Å². The van der Waals surface area contributed by atoms with E-state index < -0.39 is 11.9 Å². The molecule has 0 aliphatic heterocycles. The van der Waals surface area contributed by atoms with Crippen LogP contribution in [-0.2, 0) is 9.47 Å². The molecule has 0 aliphatic carbocycles. The van der Waals surface area contributed by atoms with Crippen LogP contribution >= 0.6 is 0 Å². The molecule has 1 aromatic rings. The monoisotopic (exact) mass is 233 g/mol. The van der Waals surface area contributed by atoms with Crippen molar-refractivity contribution >= 4 is 20.4 Å². The normalized spacial score (nSPS) is 9.06. The Morgan fingerprint density at radius 2 is 1.29 bits per heavy atom. The first-order chi connectivity index (χ1) is 7.70. The lowest BCUT2D eigenvalue weighted by molar-refractivity contribution is 0.0479. The molecule has 0 saturated carbocycles. The van der Waals surface area contributed by atoms with Gasteiger partial charge in [0.1, 0.15) is 0 Å². The first-order valence-corrected chi connectivity index (χ1v) is 5.14. The minimum Gasteiger partial charge on any atom is -0.462 e. The number of hydrogen-bond acceptors (Lipinski definition) is 4. The van der Waals surface area contributed by atoms with E-state index in [1.807, 2.05) is 0 Å². The average Bonchev–Trinajstić information content (AvgIpc) is 2.30. The minimum atomic E-state index is -0.508. The molecule has 3 radical (unpaired) electrons. The molecule has 0 fully saturated rings. The zero-order chi connectivity index (χ0) is 12.0. The summed E-state index contributed by atoms with van der Waals surface area (Å²) < 4.78 is 9.70. The number of ether oxygens (including phenoxy) is 2. The summed E-state index contributed by atoms with van der Waals surface area (Å²) in [5.74, 6) is -1.02. The smallest absolute Gasteiger partial charge is 0.338 e. The Kier molecular flexibility index (Phi) is 6.71. The highest BCUT2D eigenvalue weighted by Crippen LogP contribution is 2.11. The van der Waals surface area contributed by atoms with E-state index in [1.54, 1.807) is 38.1 Å². The third kappa shape index (κ3) is 3.94. The largest absolute Gasteiger partial charge is 0.462 e. The van der Waals surface area contributed by atoms with Gasteiger partial charge in [0.05, 0.1) is 24.3 Å². The molecule has 0 atom stereocenters. The molecule has 0 aliphatic rings. The van der Waals surface area contributed by atoms with Gasteiger partial charge in [-0.3, -0.25) is 0 Å². The molecule has 0 amide bonds. The Labute approximate surface area is 102 Å². The predicted molar refractivity (Wildman–Crippen MR) is 64.1 cm³/mol. The molecule has 5 heteroatoms. The van der Waals surface area contributed by atoms with Crippen molar-refractivity contribution in [3.63, 3.8) is 0 Å². The lowest BCUT2D eigenvalue weighted by Gasteiger charge is -2.07. The van der Waals surface area contributed by atoms with Crippen LogP contribution in [0.5, 0.6) is 0 Å². The van der Waals surface area contributed by atoms with Gasteiger partial charge < -0.3 is 9.47 Å². The van der Waals surface area contributed by atoms with Crippen LogP contribution < -0.4 is 0 Å². The van der Waals surface area contributed by atoms with Crippen molar-refractivity contribution in [1.82, 2.24) is 0 Å². The molecule has 17 heavy (non-hydrogen) atoms. The van der Waals surface area contributed by atoms with Crippen molar-refractivity contribution in [3.8, 4) is 0 Å². The van der Waals surface area contributed by atoms with Gasteiger partial charge in [-0.05, 0) is 26.0 Å². The number of carbonyl (C=O) groups excluding carboxylic acids is 2. The van der Waals surface area contributed by atoms with Crippen molar-refractivity contribution in [2.45, 2.75) is 13.8 Å². The van der Waals surface area contributed by atoms with Gasteiger partial charge in [-0.25, -0.2) is 9.59 Å². The van der Waals surface area contributed by atoms with Gasteiger partial charge in [0.2, 0.25) is 0 Å². The summed E-state index contributed by atoms with van der Waals surface area (Å²) in [5.41, 5.74) is 0.477. The zero-order valence-electron chi connectivity index (χ0n) is 9.93. The third-order valence-corrected chi connectivity index (χ3v) is 1.92. The molecule has 1 aromatic carbocycles. The van der Waals surface area contributed by atoms with Gasteiger partial charge in [-0.15, -0.1) is 0 Å². The molecule has 0 aromatic heterocycles. The molecule has 0 bridgehead atoms. The minimum absolute atomic E-state index is 0. The van der Waals surface area contributed by atoms with Crippen molar-refractivity contribution in [2.24, 2.45) is 0 Å². The maximum Gasteiger partial charge on any atom is 0.338 e. The molecule has 0 heterocycles. The van der Waals surface area contributed by atoms with E-state index in [-0.39, 0.29) is 32.8 Å². The summed E-state index contributed by atoms with van der Waals surface area (Å²) in [6.45, 7) is 3.97. The molecule has 0 unspecified atom stereocenters. The van der Waals surface area contributed by atoms with E-state index >= 15 is 0 Å². The van der Waals surface area contributed by atoms with Crippen LogP contribution in [0.4, 0.5) is 0 Å². The van der Waals surface area contributed by atoms with Crippen molar-refractivity contribution in [1.29, 1.82) is 0 Å². The van der Waals surface area contributed by atoms with Crippen LogP contribution in [0.1, 0.15) is 34.6 Å². The predicted octanol–water partition coefficient (Wildman–Crippen LogP) is 1.66.